The van der Waals surface area contributed by atoms with Crippen molar-refractivity contribution >= 4 is 23.6 Å². The zero-order valence-electron chi connectivity index (χ0n) is 11.3. The van der Waals surface area contributed by atoms with Crippen molar-refractivity contribution in [3.63, 3.8) is 0 Å². The van der Waals surface area contributed by atoms with Crippen molar-refractivity contribution in [3.8, 4) is 0 Å². The summed E-state index contributed by atoms with van der Waals surface area (Å²) in [5, 5.41) is 0.627. The maximum Gasteiger partial charge on any atom is 0.325 e. The SMILES string of the molecule is CCN(CC(=O)OC)C(=O)c1cnc2n(c1=O)CCS2. The molecule has 1 amide bonds. The second-order valence-electron chi connectivity index (χ2n) is 4.16. The van der Waals surface area contributed by atoms with Gasteiger partial charge in [-0.05, 0) is 6.92 Å². The fraction of sp³-hybridized carbons (Fsp3) is 0.500. The molecule has 0 radical (unpaired) electrons. The molecule has 0 saturated carbocycles. The van der Waals surface area contributed by atoms with Gasteiger partial charge in [-0.3, -0.25) is 19.0 Å². The summed E-state index contributed by atoms with van der Waals surface area (Å²) in [6, 6.07) is 0. The largest absolute Gasteiger partial charge is 0.468 e. The first-order valence-corrected chi connectivity index (χ1v) is 7.15. The summed E-state index contributed by atoms with van der Waals surface area (Å²) in [6.07, 6.45) is 1.29. The molecule has 0 unspecified atom stereocenters. The molecule has 2 rings (SSSR count). The van der Waals surface area contributed by atoms with Crippen LogP contribution >= 0.6 is 11.8 Å². The summed E-state index contributed by atoms with van der Waals surface area (Å²) < 4.78 is 6.03. The number of aromatic nitrogens is 2. The van der Waals surface area contributed by atoms with Crippen molar-refractivity contribution in [3.05, 3.63) is 22.1 Å². The van der Waals surface area contributed by atoms with Crippen molar-refractivity contribution in [1.82, 2.24) is 14.5 Å². The molecule has 0 fully saturated rings. The fourth-order valence-corrected chi connectivity index (χ4v) is 2.80. The number of thioether (sulfide) groups is 1. The third kappa shape index (κ3) is 2.69. The third-order valence-electron chi connectivity index (χ3n) is 3.00. The van der Waals surface area contributed by atoms with Crippen LogP contribution in [0, 0.1) is 0 Å². The predicted octanol–water partition coefficient (Wildman–Crippen LogP) is -0.0159. The summed E-state index contributed by atoms with van der Waals surface area (Å²) >= 11 is 1.48. The van der Waals surface area contributed by atoms with E-state index in [0.29, 0.717) is 18.2 Å². The first-order valence-electron chi connectivity index (χ1n) is 6.17. The lowest BCUT2D eigenvalue weighted by Crippen LogP contribution is -2.40. The molecule has 8 heteroatoms. The number of esters is 1. The molecule has 20 heavy (non-hydrogen) atoms. The van der Waals surface area contributed by atoms with Crippen LogP contribution in [-0.4, -0.2) is 52.3 Å². The van der Waals surface area contributed by atoms with E-state index in [2.05, 4.69) is 9.72 Å². The molecular formula is C12H15N3O4S. The molecule has 0 bridgehead atoms. The molecule has 0 N–H and O–H groups in total. The molecule has 0 atom stereocenters. The monoisotopic (exact) mass is 297 g/mol. The molecule has 0 spiro atoms. The van der Waals surface area contributed by atoms with E-state index in [0.717, 1.165) is 5.75 Å². The minimum atomic E-state index is -0.523. The van der Waals surface area contributed by atoms with Gasteiger partial charge in [-0.1, -0.05) is 11.8 Å². The number of rotatable bonds is 4. The van der Waals surface area contributed by atoms with Crippen LogP contribution in [0.4, 0.5) is 0 Å². The van der Waals surface area contributed by atoms with Crippen molar-refractivity contribution in [2.75, 3.05) is 26.0 Å². The summed E-state index contributed by atoms with van der Waals surface area (Å²) in [4.78, 5) is 41.2. The van der Waals surface area contributed by atoms with Crippen LogP contribution in [0.3, 0.4) is 0 Å². The number of fused-ring (bicyclic) bond motifs is 1. The lowest BCUT2D eigenvalue weighted by Gasteiger charge is -2.19. The third-order valence-corrected chi connectivity index (χ3v) is 3.97. The number of hydrogen-bond acceptors (Lipinski definition) is 6. The molecular weight excluding hydrogens is 282 g/mol. The maximum atomic E-state index is 12.3. The van der Waals surface area contributed by atoms with Crippen LogP contribution in [-0.2, 0) is 16.1 Å². The first-order chi connectivity index (χ1) is 9.58. The van der Waals surface area contributed by atoms with E-state index in [1.54, 1.807) is 6.92 Å². The van der Waals surface area contributed by atoms with Gasteiger partial charge in [-0.2, -0.15) is 0 Å². The highest BCUT2D eigenvalue weighted by atomic mass is 32.2. The van der Waals surface area contributed by atoms with Crippen LogP contribution in [0.1, 0.15) is 17.3 Å². The van der Waals surface area contributed by atoms with Crippen molar-refractivity contribution in [2.24, 2.45) is 0 Å². The second-order valence-corrected chi connectivity index (χ2v) is 5.22. The highest BCUT2D eigenvalue weighted by molar-refractivity contribution is 7.99. The molecule has 1 aliphatic heterocycles. The normalized spacial score (nSPS) is 12.9. The van der Waals surface area contributed by atoms with Gasteiger partial charge in [0.15, 0.2) is 5.16 Å². The van der Waals surface area contributed by atoms with E-state index in [4.69, 9.17) is 0 Å². The molecule has 2 heterocycles. The number of hydrogen-bond donors (Lipinski definition) is 0. The molecule has 108 valence electrons. The van der Waals surface area contributed by atoms with Gasteiger partial charge in [-0.15, -0.1) is 0 Å². The lowest BCUT2D eigenvalue weighted by molar-refractivity contribution is -0.141. The number of carbonyl (C=O) groups is 2. The Morgan fingerprint density at radius 2 is 2.30 bits per heavy atom. The molecule has 1 aromatic heterocycles. The Balaban J connectivity index is 2.29. The summed E-state index contributed by atoms with van der Waals surface area (Å²) in [5.41, 5.74) is -0.365. The topological polar surface area (TPSA) is 81.5 Å². The number of likely N-dealkylation sites (N-methyl/N-ethyl adjacent to an activating group) is 1. The second kappa shape index (κ2) is 6.08. The zero-order valence-corrected chi connectivity index (χ0v) is 12.1. The average Bonchev–Trinajstić information content (AvgIpc) is 2.93. The van der Waals surface area contributed by atoms with Crippen LogP contribution in [0.5, 0.6) is 0 Å². The molecule has 0 aromatic carbocycles. The number of carbonyl (C=O) groups excluding carboxylic acids is 2. The molecule has 7 nitrogen and oxygen atoms in total. The lowest BCUT2D eigenvalue weighted by atomic mass is 10.2. The van der Waals surface area contributed by atoms with Crippen molar-refractivity contribution in [1.29, 1.82) is 0 Å². The molecule has 1 aromatic rings. The summed E-state index contributed by atoms with van der Waals surface area (Å²) in [6.45, 7) is 2.41. The number of nitrogens with zero attached hydrogens (tertiary/aromatic N) is 3. The maximum absolute atomic E-state index is 12.3. The van der Waals surface area contributed by atoms with E-state index >= 15 is 0 Å². The molecule has 1 aliphatic rings. The Morgan fingerprint density at radius 3 is 2.95 bits per heavy atom. The van der Waals surface area contributed by atoms with Gasteiger partial charge in [0, 0.05) is 25.0 Å². The Hall–Kier alpha value is -1.83. The van der Waals surface area contributed by atoms with E-state index < -0.39 is 11.9 Å². The van der Waals surface area contributed by atoms with Crippen LogP contribution in [0.15, 0.2) is 16.1 Å². The average molecular weight is 297 g/mol. The first kappa shape index (κ1) is 14.6. The minimum absolute atomic E-state index is 0.0120. The van der Waals surface area contributed by atoms with Gasteiger partial charge in [-0.25, -0.2) is 4.98 Å². The predicted molar refractivity (Wildman–Crippen MR) is 72.8 cm³/mol. The van der Waals surface area contributed by atoms with Crippen LogP contribution in [0.2, 0.25) is 0 Å². The highest BCUT2D eigenvalue weighted by Gasteiger charge is 2.24. The minimum Gasteiger partial charge on any atom is -0.468 e. The van der Waals surface area contributed by atoms with E-state index in [1.807, 2.05) is 0 Å². The van der Waals surface area contributed by atoms with Gasteiger partial charge < -0.3 is 9.64 Å². The number of ether oxygens (including phenoxy) is 1. The molecule has 0 saturated heterocycles. The van der Waals surface area contributed by atoms with E-state index in [-0.39, 0.29) is 17.7 Å². The van der Waals surface area contributed by atoms with Gasteiger partial charge in [0.2, 0.25) is 0 Å². The zero-order chi connectivity index (χ0) is 14.7. The van der Waals surface area contributed by atoms with Crippen molar-refractivity contribution < 1.29 is 14.3 Å². The fourth-order valence-electron chi connectivity index (χ4n) is 1.88. The van der Waals surface area contributed by atoms with Crippen LogP contribution in [0.25, 0.3) is 0 Å². The summed E-state index contributed by atoms with van der Waals surface area (Å²) in [7, 11) is 1.25. The van der Waals surface area contributed by atoms with Gasteiger partial charge in [0.25, 0.3) is 11.5 Å². The Morgan fingerprint density at radius 1 is 1.55 bits per heavy atom. The molecule has 0 aliphatic carbocycles. The van der Waals surface area contributed by atoms with Gasteiger partial charge in [0.05, 0.1) is 7.11 Å². The number of methoxy groups -OCH3 is 1. The standard InChI is InChI=1S/C12H15N3O4S/c1-3-14(7-9(16)19-2)10(17)8-6-13-12-15(11(8)18)4-5-20-12/h6H,3-5,7H2,1-2H3. The van der Waals surface area contributed by atoms with Gasteiger partial charge in [0.1, 0.15) is 12.1 Å². The summed E-state index contributed by atoms with van der Waals surface area (Å²) in [5.74, 6) is -0.243. The van der Waals surface area contributed by atoms with Crippen LogP contribution < -0.4 is 5.56 Å². The van der Waals surface area contributed by atoms with E-state index in [9.17, 15) is 14.4 Å². The quantitative estimate of drug-likeness (QED) is 0.574. The number of amides is 1. The smallest absolute Gasteiger partial charge is 0.325 e. The van der Waals surface area contributed by atoms with E-state index in [1.165, 1.54) is 34.5 Å². The Labute approximate surface area is 119 Å². The van der Waals surface area contributed by atoms with Crippen molar-refractivity contribution in [2.45, 2.75) is 18.6 Å². The highest BCUT2D eigenvalue weighted by Crippen LogP contribution is 2.20. The van der Waals surface area contributed by atoms with Gasteiger partial charge >= 0.3 is 5.97 Å². The Bertz CT molecular complexity index is 599. The Kier molecular flexibility index (Phi) is 4.43.